The first-order chi connectivity index (χ1) is 9.04. The third-order valence-electron chi connectivity index (χ3n) is 4.26. The number of nitrogens with one attached hydrogen (secondary N) is 1. The molecule has 0 bridgehead atoms. The highest BCUT2D eigenvalue weighted by Crippen LogP contribution is 2.39. The minimum atomic E-state index is 0.175. The predicted molar refractivity (Wildman–Crippen MR) is 81.9 cm³/mol. The van der Waals surface area contributed by atoms with Gasteiger partial charge in [-0.2, -0.15) is 0 Å². The fourth-order valence-electron chi connectivity index (χ4n) is 2.95. The van der Waals surface area contributed by atoms with E-state index in [4.69, 9.17) is 4.98 Å². The van der Waals surface area contributed by atoms with Gasteiger partial charge in [-0.3, -0.25) is 0 Å². The summed E-state index contributed by atoms with van der Waals surface area (Å²) in [6.45, 7) is 7.91. The van der Waals surface area contributed by atoms with Crippen molar-refractivity contribution in [2.24, 2.45) is 0 Å². The minimum absolute atomic E-state index is 0.175. The second-order valence-corrected chi connectivity index (χ2v) is 8.33. The van der Waals surface area contributed by atoms with Gasteiger partial charge in [-0.05, 0) is 25.7 Å². The van der Waals surface area contributed by atoms with Crippen LogP contribution in [-0.2, 0) is 12.0 Å². The van der Waals surface area contributed by atoms with Gasteiger partial charge >= 0.3 is 0 Å². The van der Waals surface area contributed by atoms with E-state index in [1.165, 1.54) is 54.1 Å². The quantitative estimate of drug-likeness (QED) is 0.885. The standard InChI is InChI=1S/C16H26N2S/c1-16(2,3)14-13(10-17-12-8-9-12)19-15(18-14)11-6-4-5-7-11/h11-12,17H,4-10H2,1-3H3. The molecule has 0 spiro atoms. The number of thiazole rings is 1. The molecular weight excluding hydrogens is 252 g/mol. The molecule has 0 saturated heterocycles. The number of hydrogen-bond acceptors (Lipinski definition) is 3. The molecule has 1 N–H and O–H groups in total. The largest absolute Gasteiger partial charge is 0.309 e. The normalized spacial score (nSPS) is 21.2. The molecule has 1 heterocycles. The van der Waals surface area contributed by atoms with Gasteiger partial charge in [-0.15, -0.1) is 11.3 Å². The molecule has 2 fully saturated rings. The molecule has 106 valence electrons. The summed E-state index contributed by atoms with van der Waals surface area (Å²) in [6, 6.07) is 0.782. The van der Waals surface area contributed by atoms with E-state index >= 15 is 0 Å². The molecule has 1 aromatic heterocycles. The lowest BCUT2D eigenvalue weighted by atomic mass is 9.91. The van der Waals surface area contributed by atoms with E-state index in [9.17, 15) is 0 Å². The highest BCUT2D eigenvalue weighted by Gasteiger charge is 2.28. The van der Waals surface area contributed by atoms with Gasteiger partial charge < -0.3 is 5.32 Å². The van der Waals surface area contributed by atoms with Crippen molar-refractivity contribution in [3.63, 3.8) is 0 Å². The topological polar surface area (TPSA) is 24.9 Å². The van der Waals surface area contributed by atoms with Crippen LogP contribution in [0.1, 0.15) is 80.8 Å². The van der Waals surface area contributed by atoms with Gasteiger partial charge in [0.1, 0.15) is 0 Å². The summed E-state index contributed by atoms with van der Waals surface area (Å²) in [5, 5.41) is 5.07. The van der Waals surface area contributed by atoms with Crippen molar-refractivity contribution in [3.05, 3.63) is 15.6 Å². The molecule has 2 aliphatic carbocycles. The van der Waals surface area contributed by atoms with Crippen molar-refractivity contribution in [1.82, 2.24) is 10.3 Å². The van der Waals surface area contributed by atoms with Gasteiger partial charge in [-0.1, -0.05) is 33.6 Å². The zero-order valence-corrected chi connectivity index (χ0v) is 13.3. The van der Waals surface area contributed by atoms with E-state index in [1.54, 1.807) is 0 Å². The van der Waals surface area contributed by atoms with Crippen LogP contribution < -0.4 is 5.32 Å². The van der Waals surface area contributed by atoms with Crippen LogP contribution in [0.5, 0.6) is 0 Å². The Bertz CT molecular complexity index is 434. The summed E-state index contributed by atoms with van der Waals surface area (Å²) in [4.78, 5) is 6.53. The molecule has 0 unspecified atom stereocenters. The lowest BCUT2D eigenvalue weighted by Crippen LogP contribution is -2.20. The van der Waals surface area contributed by atoms with E-state index < -0.39 is 0 Å². The van der Waals surface area contributed by atoms with Crippen molar-refractivity contribution >= 4 is 11.3 Å². The molecule has 0 aliphatic heterocycles. The van der Waals surface area contributed by atoms with E-state index in [0.717, 1.165) is 18.5 Å². The number of rotatable bonds is 4. The SMILES string of the molecule is CC(C)(C)c1nc(C2CCCC2)sc1CNC1CC1. The van der Waals surface area contributed by atoms with E-state index in [1.807, 2.05) is 11.3 Å². The van der Waals surface area contributed by atoms with Crippen LogP contribution in [0.25, 0.3) is 0 Å². The van der Waals surface area contributed by atoms with Crippen molar-refractivity contribution < 1.29 is 0 Å². The van der Waals surface area contributed by atoms with Gasteiger partial charge in [0.25, 0.3) is 0 Å². The molecule has 1 aromatic rings. The first-order valence-electron chi connectivity index (χ1n) is 7.77. The summed E-state index contributed by atoms with van der Waals surface area (Å²) in [7, 11) is 0. The molecule has 3 rings (SSSR count). The number of nitrogens with zero attached hydrogens (tertiary/aromatic N) is 1. The maximum Gasteiger partial charge on any atom is 0.0962 e. The Labute approximate surface area is 121 Å². The molecule has 3 heteroatoms. The number of aromatic nitrogens is 1. The first-order valence-corrected chi connectivity index (χ1v) is 8.59. The number of hydrogen-bond donors (Lipinski definition) is 1. The molecule has 0 radical (unpaired) electrons. The fourth-order valence-corrected chi connectivity index (χ4v) is 4.34. The molecule has 0 amide bonds. The average Bonchev–Trinajstić information content (AvgIpc) is 2.87. The van der Waals surface area contributed by atoms with Crippen LogP contribution in [0.2, 0.25) is 0 Å². The maximum absolute atomic E-state index is 5.04. The van der Waals surface area contributed by atoms with Crippen molar-refractivity contribution in [2.45, 2.75) is 83.2 Å². The summed E-state index contributed by atoms with van der Waals surface area (Å²) in [6.07, 6.45) is 8.22. The third-order valence-corrected chi connectivity index (χ3v) is 5.48. The van der Waals surface area contributed by atoms with Crippen LogP contribution in [0.15, 0.2) is 0 Å². The van der Waals surface area contributed by atoms with Gasteiger partial charge in [-0.25, -0.2) is 4.98 Å². The van der Waals surface area contributed by atoms with Crippen LogP contribution in [0.4, 0.5) is 0 Å². The van der Waals surface area contributed by atoms with Gasteiger partial charge in [0.05, 0.1) is 10.7 Å². The Kier molecular flexibility index (Phi) is 3.69. The van der Waals surface area contributed by atoms with Crippen molar-refractivity contribution in [2.75, 3.05) is 0 Å². The second-order valence-electron chi connectivity index (χ2n) is 7.21. The van der Waals surface area contributed by atoms with Gasteiger partial charge in [0.15, 0.2) is 0 Å². The van der Waals surface area contributed by atoms with E-state index in [-0.39, 0.29) is 5.41 Å². The maximum atomic E-state index is 5.04. The molecular formula is C16H26N2S. The predicted octanol–water partition coefficient (Wildman–Crippen LogP) is 4.35. The Balaban J connectivity index is 1.81. The molecule has 0 aromatic carbocycles. The highest BCUT2D eigenvalue weighted by atomic mass is 32.1. The monoisotopic (exact) mass is 278 g/mol. The minimum Gasteiger partial charge on any atom is -0.309 e. The lowest BCUT2D eigenvalue weighted by molar-refractivity contribution is 0.554. The summed E-state index contributed by atoms with van der Waals surface area (Å²) in [5.74, 6) is 0.751. The molecule has 0 atom stereocenters. The second kappa shape index (κ2) is 5.17. The van der Waals surface area contributed by atoms with Crippen molar-refractivity contribution in [1.29, 1.82) is 0 Å². The average molecular weight is 278 g/mol. The Morgan fingerprint density at radius 3 is 2.42 bits per heavy atom. The summed E-state index contributed by atoms with van der Waals surface area (Å²) < 4.78 is 0. The molecule has 2 nitrogen and oxygen atoms in total. The van der Waals surface area contributed by atoms with Crippen molar-refractivity contribution in [3.8, 4) is 0 Å². The van der Waals surface area contributed by atoms with Crippen LogP contribution in [-0.4, -0.2) is 11.0 Å². The van der Waals surface area contributed by atoms with Crippen LogP contribution in [0.3, 0.4) is 0 Å². The lowest BCUT2D eigenvalue weighted by Gasteiger charge is -2.18. The molecule has 19 heavy (non-hydrogen) atoms. The van der Waals surface area contributed by atoms with Crippen LogP contribution in [0, 0.1) is 0 Å². The Morgan fingerprint density at radius 2 is 1.84 bits per heavy atom. The third kappa shape index (κ3) is 3.19. The first kappa shape index (κ1) is 13.6. The zero-order chi connectivity index (χ0) is 13.5. The van der Waals surface area contributed by atoms with E-state index in [2.05, 4.69) is 26.1 Å². The van der Waals surface area contributed by atoms with Gasteiger partial charge in [0.2, 0.25) is 0 Å². The van der Waals surface area contributed by atoms with Gasteiger partial charge in [0, 0.05) is 28.8 Å². The zero-order valence-electron chi connectivity index (χ0n) is 12.5. The van der Waals surface area contributed by atoms with Crippen LogP contribution >= 0.6 is 11.3 Å². The highest BCUT2D eigenvalue weighted by molar-refractivity contribution is 7.11. The summed E-state index contributed by atoms with van der Waals surface area (Å²) >= 11 is 1.98. The summed E-state index contributed by atoms with van der Waals surface area (Å²) in [5.41, 5.74) is 1.51. The smallest absolute Gasteiger partial charge is 0.0962 e. The Morgan fingerprint density at radius 1 is 1.16 bits per heavy atom. The Hall–Kier alpha value is -0.410. The molecule has 2 aliphatic rings. The molecule has 2 saturated carbocycles. The fraction of sp³-hybridized carbons (Fsp3) is 0.812. The van der Waals surface area contributed by atoms with E-state index in [0.29, 0.717) is 0 Å².